The van der Waals surface area contributed by atoms with Gasteiger partial charge in [0, 0.05) is 5.69 Å². The molecule has 0 radical (unpaired) electrons. The molecule has 0 atom stereocenters. The number of para-hydroxylation sites is 1. The number of benzene rings is 2. The second-order valence-electron chi connectivity index (χ2n) is 5.35. The van der Waals surface area contributed by atoms with E-state index in [9.17, 15) is 9.59 Å². The van der Waals surface area contributed by atoms with Crippen LogP contribution in [0.4, 0.5) is 5.69 Å². The van der Waals surface area contributed by atoms with Crippen LogP contribution in [-0.2, 0) is 9.59 Å². The monoisotopic (exact) mass is 351 g/mol. The number of carbonyl (C=O) groups is 2. The topological polar surface area (TPSA) is 98.1 Å². The highest BCUT2D eigenvalue weighted by Crippen LogP contribution is 2.13. The zero-order valence-corrected chi connectivity index (χ0v) is 13.8. The molecule has 0 saturated carbocycles. The van der Waals surface area contributed by atoms with E-state index in [1.54, 1.807) is 47.6 Å². The minimum Gasteiger partial charge on any atom is -0.484 e. The Morgan fingerprint density at radius 1 is 0.962 bits per heavy atom. The first kappa shape index (κ1) is 17.2. The number of carbonyl (C=O) groups excluding carboxylic acids is 2. The van der Waals surface area contributed by atoms with Crippen LogP contribution in [0.3, 0.4) is 0 Å². The molecule has 0 aliphatic carbocycles. The molecule has 2 aromatic carbocycles. The summed E-state index contributed by atoms with van der Waals surface area (Å²) in [6.45, 7) is -0.297. The van der Waals surface area contributed by atoms with Gasteiger partial charge in [0.15, 0.2) is 6.61 Å². The van der Waals surface area contributed by atoms with Gasteiger partial charge in [-0.2, -0.15) is 0 Å². The summed E-state index contributed by atoms with van der Waals surface area (Å²) in [6.07, 6.45) is 3.13. The third-order valence-corrected chi connectivity index (χ3v) is 3.41. The van der Waals surface area contributed by atoms with Gasteiger partial charge in [-0.1, -0.05) is 24.3 Å². The van der Waals surface area contributed by atoms with E-state index in [4.69, 9.17) is 4.74 Å². The van der Waals surface area contributed by atoms with Crippen molar-refractivity contribution in [3.8, 4) is 11.4 Å². The van der Waals surface area contributed by atoms with Crippen molar-refractivity contribution in [3.63, 3.8) is 0 Å². The molecule has 1 heterocycles. The molecule has 0 aliphatic rings. The number of hydrogen-bond donors (Lipinski definition) is 2. The van der Waals surface area contributed by atoms with Gasteiger partial charge in [-0.3, -0.25) is 14.2 Å². The lowest BCUT2D eigenvalue weighted by Gasteiger charge is -2.09. The average molecular weight is 351 g/mol. The summed E-state index contributed by atoms with van der Waals surface area (Å²) < 4.78 is 7.04. The molecular weight excluding hydrogens is 334 g/mol. The third kappa shape index (κ3) is 4.91. The second-order valence-corrected chi connectivity index (χ2v) is 5.35. The Labute approximate surface area is 149 Å². The lowest BCUT2D eigenvalue weighted by atomic mass is 10.2. The van der Waals surface area contributed by atoms with Gasteiger partial charge >= 0.3 is 0 Å². The van der Waals surface area contributed by atoms with E-state index in [2.05, 4.69) is 20.8 Å². The van der Waals surface area contributed by atoms with E-state index in [0.717, 1.165) is 5.69 Å². The predicted molar refractivity (Wildman–Crippen MR) is 94.9 cm³/mol. The van der Waals surface area contributed by atoms with Gasteiger partial charge in [-0.15, -0.1) is 10.2 Å². The van der Waals surface area contributed by atoms with Crippen molar-refractivity contribution in [1.29, 1.82) is 0 Å². The fourth-order valence-electron chi connectivity index (χ4n) is 2.18. The summed E-state index contributed by atoms with van der Waals surface area (Å²) in [5, 5.41) is 12.7. The molecule has 132 valence electrons. The molecule has 8 nitrogen and oxygen atoms in total. The van der Waals surface area contributed by atoms with Crippen molar-refractivity contribution in [1.82, 2.24) is 20.1 Å². The van der Waals surface area contributed by atoms with Gasteiger partial charge in [0.25, 0.3) is 5.91 Å². The average Bonchev–Trinajstić information content (AvgIpc) is 3.21. The molecule has 0 saturated heterocycles. The highest BCUT2D eigenvalue weighted by molar-refractivity contribution is 5.94. The van der Waals surface area contributed by atoms with Crippen LogP contribution in [0.15, 0.2) is 67.3 Å². The Morgan fingerprint density at radius 2 is 1.73 bits per heavy atom. The second kappa shape index (κ2) is 8.43. The van der Waals surface area contributed by atoms with Crippen LogP contribution in [0.1, 0.15) is 0 Å². The van der Waals surface area contributed by atoms with Gasteiger partial charge in [0.1, 0.15) is 18.4 Å². The Kier molecular flexibility index (Phi) is 5.56. The van der Waals surface area contributed by atoms with Crippen LogP contribution >= 0.6 is 0 Å². The smallest absolute Gasteiger partial charge is 0.258 e. The maximum absolute atomic E-state index is 12.0. The molecule has 0 unspecified atom stereocenters. The first-order valence-corrected chi connectivity index (χ1v) is 7.90. The largest absolute Gasteiger partial charge is 0.484 e. The fraction of sp³-hybridized carbons (Fsp3) is 0.111. The fourth-order valence-corrected chi connectivity index (χ4v) is 2.18. The number of rotatable bonds is 7. The zero-order valence-electron chi connectivity index (χ0n) is 13.8. The molecule has 0 aliphatic heterocycles. The van der Waals surface area contributed by atoms with Crippen molar-refractivity contribution in [2.45, 2.75) is 0 Å². The summed E-state index contributed by atoms with van der Waals surface area (Å²) in [6, 6.07) is 16.2. The minimum atomic E-state index is -0.373. The zero-order chi connectivity index (χ0) is 18.2. The summed E-state index contributed by atoms with van der Waals surface area (Å²) in [5.74, 6) is -0.112. The minimum absolute atomic E-state index is 0.145. The van der Waals surface area contributed by atoms with Gasteiger partial charge in [0.2, 0.25) is 5.91 Å². The van der Waals surface area contributed by atoms with E-state index >= 15 is 0 Å². The molecule has 3 rings (SSSR count). The molecule has 0 spiro atoms. The van der Waals surface area contributed by atoms with Crippen molar-refractivity contribution in [3.05, 3.63) is 67.3 Å². The first-order chi connectivity index (χ1) is 12.7. The van der Waals surface area contributed by atoms with Crippen LogP contribution in [0.5, 0.6) is 5.75 Å². The molecule has 26 heavy (non-hydrogen) atoms. The number of nitrogens with one attached hydrogen (secondary N) is 2. The lowest BCUT2D eigenvalue weighted by molar-refractivity contribution is -0.125. The lowest BCUT2D eigenvalue weighted by Crippen LogP contribution is -2.35. The summed E-state index contributed by atoms with van der Waals surface area (Å²) in [5.41, 5.74) is 1.42. The standard InChI is InChI=1S/C18H17N5O3/c24-17(10-19-18(25)11-26-16-7-2-1-3-8-16)22-14-5-4-6-15(9-14)23-12-20-21-13-23/h1-9,12-13H,10-11H2,(H,19,25)(H,22,24). The molecule has 2 N–H and O–H groups in total. The van der Waals surface area contributed by atoms with Crippen LogP contribution in [0.2, 0.25) is 0 Å². The van der Waals surface area contributed by atoms with E-state index in [-0.39, 0.29) is 25.0 Å². The van der Waals surface area contributed by atoms with Crippen molar-refractivity contribution in [2.75, 3.05) is 18.5 Å². The molecule has 1 aromatic heterocycles. The Bertz CT molecular complexity index is 866. The number of anilines is 1. The molecular formula is C18H17N5O3. The van der Waals surface area contributed by atoms with Crippen molar-refractivity contribution < 1.29 is 14.3 Å². The Hall–Kier alpha value is -3.68. The quantitative estimate of drug-likeness (QED) is 0.670. The number of nitrogens with zero attached hydrogens (tertiary/aromatic N) is 3. The number of hydrogen-bond acceptors (Lipinski definition) is 5. The van der Waals surface area contributed by atoms with Crippen molar-refractivity contribution >= 4 is 17.5 Å². The Morgan fingerprint density at radius 3 is 2.50 bits per heavy atom. The highest BCUT2D eigenvalue weighted by Gasteiger charge is 2.07. The Balaban J connectivity index is 1.45. The van der Waals surface area contributed by atoms with E-state index in [1.165, 1.54) is 0 Å². The van der Waals surface area contributed by atoms with Crippen LogP contribution in [-0.4, -0.2) is 39.7 Å². The highest BCUT2D eigenvalue weighted by atomic mass is 16.5. The van der Waals surface area contributed by atoms with E-state index in [1.807, 2.05) is 24.3 Å². The summed E-state index contributed by atoms with van der Waals surface area (Å²) in [7, 11) is 0. The first-order valence-electron chi connectivity index (χ1n) is 7.90. The molecule has 2 amide bonds. The normalized spacial score (nSPS) is 10.2. The van der Waals surface area contributed by atoms with E-state index in [0.29, 0.717) is 11.4 Å². The maximum Gasteiger partial charge on any atom is 0.258 e. The SMILES string of the molecule is O=C(COc1ccccc1)NCC(=O)Nc1cccc(-n2cnnc2)c1. The third-order valence-electron chi connectivity index (χ3n) is 3.41. The molecule has 3 aromatic rings. The van der Waals surface area contributed by atoms with Gasteiger partial charge in [-0.05, 0) is 30.3 Å². The van der Waals surface area contributed by atoms with Crippen LogP contribution in [0, 0.1) is 0 Å². The number of aromatic nitrogens is 3. The van der Waals surface area contributed by atoms with Crippen LogP contribution in [0.25, 0.3) is 5.69 Å². The maximum atomic E-state index is 12.0. The predicted octanol–water partition coefficient (Wildman–Crippen LogP) is 1.40. The number of ether oxygens (including phenoxy) is 1. The number of amides is 2. The summed E-state index contributed by atoms with van der Waals surface area (Å²) in [4.78, 5) is 23.7. The van der Waals surface area contributed by atoms with Crippen LogP contribution < -0.4 is 15.4 Å². The molecule has 8 heteroatoms. The molecule has 0 fully saturated rings. The van der Waals surface area contributed by atoms with Crippen molar-refractivity contribution in [2.24, 2.45) is 0 Å². The molecule has 0 bridgehead atoms. The van der Waals surface area contributed by atoms with Gasteiger partial charge < -0.3 is 15.4 Å². The van der Waals surface area contributed by atoms with Gasteiger partial charge in [0.05, 0.1) is 12.2 Å². The summed E-state index contributed by atoms with van der Waals surface area (Å²) >= 11 is 0. The van der Waals surface area contributed by atoms with Gasteiger partial charge in [-0.25, -0.2) is 0 Å². The van der Waals surface area contributed by atoms with E-state index < -0.39 is 0 Å².